The van der Waals surface area contributed by atoms with Crippen LogP contribution in [0.2, 0.25) is 0 Å². The van der Waals surface area contributed by atoms with Gasteiger partial charge < -0.3 is 29.6 Å². The van der Waals surface area contributed by atoms with Gasteiger partial charge in [-0.3, -0.25) is 9.69 Å². The minimum Gasteiger partial charge on any atom is -0.497 e. The average molecular weight is 607 g/mol. The fraction of sp³-hybridized carbons (Fsp3) is 0.355. The molecule has 0 saturated heterocycles. The quantitative estimate of drug-likeness (QED) is 0.289. The third-order valence-electron chi connectivity index (χ3n) is 7.12. The van der Waals surface area contributed by atoms with E-state index in [1.165, 1.54) is 11.8 Å². The molecule has 2 heterocycles. The van der Waals surface area contributed by atoms with Gasteiger partial charge in [-0.1, -0.05) is 30.0 Å². The van der Waals surface area contributed by atoms with Gasteiger partial charge in [0.05, 0.1) is 39.0 Å². The number of benzene rings is 2. The van der Waals surface area contributed by atoms with Crippen LogP contribution in [-0.2, 0) is 25.7 Å². The number of thioether (sulfide) groups is 1. The molecular weight excluding hydrogens is 572 g/mol. The number of amidine groups is 1. The van der Waals surface area contributed by atoms with E-state index < -0.39 is 18.0 Å². The molecule has 2 N–H and O–H groups in total. The predicted molar refractivity (Wildman–Crippen MR) is 163 cm³/mol. The van der Waals surface area contributed by atoms with Gasteiger partial charge in [0.1, 0.15) is 17.2 Å². The molecule has 1 aliphatic carbocycles. The summed E-state index contributed by atoms with van der Waals surface area (Å²) in [6.45, 7) is 2.18. The van der Waals surface area contributed by atoms with Gasteiger partial charge in [0.25, 0.3) is 5.91 Å². The maximum Gasteiger partial charge on any atom is 0.338 e. The Morgan fingerprint density at radius 3 is 2.51 bits per heavy atom. The number of rotatable bonds is 11. The van der Waals surface area contributed by atoms with E-state index in [0.29, 0.717) is 27.9 Å². The first kappa shape index (κ1) is 30.2. The second-order valence-corrected chi connectivity index (χ2v) is 11.0. The number of carbonyl (C=O) groups excluding carboxylic acids is 3. The van der Waals surface area contributed by atoms with Crippen LogP contribution in [0.3, 0.4) is 0 Å². The maximum atomic E-state index is 13.4. The number of methoxy groups -OCH3 is 3. The number of amides is 3. The Morgan fingerprint density at radius 2 is 1.86 bits per heavy atom. The average Bonchev–Trinajstić information content (AvgIpc) is 3.80. The summed E-state index contributed by atoms with van der Waals surface area (Å²) in [6.07, 6.45) is 3.53. The number of esters is 1. The van der Waals surface area contributed by atoms with Gasteiger partial charge in [0, 0.05) is 30.2 Å². The van der Waals surface area contributed by atoms with Crippen LogP contribution in [0.25, 0.3) is 6.08 Å². The van der Waals surface area contributed by atoms with Crippen molar-refractivity contribution in [3.05, 3.63) is 76.1 Å². The number of nitrogens with zero attached hydrogens (tertiary/aromatic N) is 2. The molecule has 3 aliphatic rings. The molecule has 226 valence electrons. The Kier molecular flexibility index (Phi) is 9.37. The Hall–Kier alpha value is -4.29. The molecule has 12 heteroatoms. The zero-order valence-electron chi connectivity index (χ0n) is 24.5. The van der Waals surface area contributed by atoms with Gasteiger partial charge in [0.15, 0.2) is 5.17 Å². The Balaban J connectivity index is 1.47. The van der Waals surface area contributed by atoms with Crippen LogP contribution in [-0.4, -0.2) is 67.7 Å². The third-order valence-corrected chi connectivity index (χ3v) is 8.10. The summed E-state index contributed by atoms with van der Waals surface area (Å²) >= 11 is 1.29. The van der Waals surface area contributed by atoms with Gasteiger partial charge in [-0.25, -0.2) is 14.6 Å². The van der Waals surface area contributed by atoms with Crippen LogP contribution < -0.4 is 20.1 Å². The minimum absolute atomic E-state index is 0.0768. The van der Waals surface area contributed by atoms with E-state index in [9.17, 15) is 14.4 Å². The van der Waals surface area contributed by atoms with Gasteiger partial charge in [-0.15, -0.1) is 0 Å². The van der Waals surface area contributed by atoms with E-state index in [-0.39, 0.29) is 36.5 Å². The minimum atomic E-state index is -0.776. The van der Waals surface area contributed by atoms with Crippen molar-refractivity contribution in [2.75, 3.05) is 33.7 Å². The number of hydrogen-bond acceptors (Lipinski definition) is 9. The number of nitrogens with one attached hydrogen (secondary N) is 2. The molecule has 0 radical (unpaired) electrons. The molecule has 2 aromatic carbocycles. The zero-order chi connectivity index (χ0) is 30.5. The van der Waals surface area contributed by atoms with E-state index in [0.717, 1.165) is 29.7 Å². The summed E-state index contributed by atoms with van der Waals surface area (Å²) in [7, 11) is 4.75. The molecule has 0 aromatic heterocycles. The van der Waals surface area contributed by atoms with E-state index in [2.05, 4.69) is 15.6 Å². The van der Waals surface area contributed by atoms with Crippen LogP contribution in [0.4, 0.5) is 4.79 Å². The van der Waals surface area contributed by atoms with Gasteiger partial charge >= 0.3 is 12.0 Å². The summed E-state index contributed by atoms with van der Waals surface area (Å²) in [6, 6.07) is 11.6. The van der Waals surface area contributed by atoms with Crippen molar-refractivity contribution in [2.24, 2.45) is 4.99 Å². The van der Waals surface area contributed by atoms with Crippen LogP contribution in [0.1, 0.15) is 42.5 Å². The standard InChI is InChI=1S/C31H34N4O7S/c1-5-42-29(37)26-24(32-30(38)34-27(26)19-8-13-25(41-4)20(15-19)16-39-2)17-43-31-33-23(28(36)35(31)21-9-10-21)14-18-6-11-22(40-3)12-7-18/h6-8,11-15,21,27H,5,9-10,16-17H2,1-4H3,(H2,32,34,38)/b23-14+/t27-/m1/s1. The highest BCUT2D eigenvalue weighted by Gasteiger charge is 2.42. The third kappa shape index (κ3) is 6.70. The zero-order valence-corrected chi connectivity index (χ0v) is 25.3. The largest absolute Gasteiger partial charge is 0.497 e. The van der Waals surface area contributed by atoms with E-state index in [4.69, 9.17) is 18.9 Å². The number of aliphatic imine (C=N–C) groups is 1. The Morgan fingerprint density at radius 1 is 1.09 bits per heavy atom. The van der Waals surface area contributed by atoms with E-state index >= 15 is 0 Å². The fourth-order valence-electron chi connectivity index (χ4n) is 4.94. The summed E-state index contributed by atoms with van der Waals surface area (Å²) in [5, 5.41) is 6.19. The van der Waals surface area contributed by atoms with Crippen molar-refractivity contribution >= 4 is 40.9 Å². The number of urea groups is 1. The first-order valence-corrected chi connectivity index (χ1v) is 14.9. The molecule has 5 rings (SSSR count). The monoisotopic (exact) mass is 606 g/mol. The lowest BCUT2D eigenvalue weighted by Gasteiger charge is -2.30. The molecule has 0 unspecified atom stereocenters. The molecule has 1 fully saturated rings. The molecule has 2 aliphatic heterocycles. The lowest BCUT2D eigenvalue weighted by atomic mass is 9.94. The molecule has 0 bridgehead atoms. The Bertz CT molecular complexity index is 1500. The van der Waals surface area contributed by atoms with Crippen LogP contribution in [0, 0.1) is 0 Å². The van der Waals surface area contributed by atoms with Gasteiger partial charge in [-0.2, -0.15) is 0 Å². The SMILES string of the molecule is CCOC(=O)C1=C(CSC2=N/C(=C/c3ccc(OC)cc3)C(=O)N2C2CC2)NC(=O)N[C@@H]1c1ccc(OC)c(COC)c1. The van der Waals surface area contributed by atoms with Crippen LogP contribution >= 0.6 is 11.8 Å². The fourth-order valence-corrected chi connectivity index (χ4v) is 5.97. The number of hydrogen-bond donors (Lipinski definition) is 2. The highest BCUT2D eigenvalue weighted by molar-refractivity contribution is 8.14. The predicted octanol–water partition coefficient (Wildman–Crippen LogP) is 4.16. The smallest absolute Gasteiger partial charge is 0.338 e. The second-order valence-electron chi connectivity index (χ2n) is 10.0. The first-order valence-electron chi connectivity index (χ1n) is 13.9. The van der Waals surface area contributed by atoms with E-state index in [1.54, 1.807) is 51.4 Å². The number of carbonyl (C=O) groups is 3. The summed E-state index contributed by atoms with van der Waals surface area (Å²) < 4.78 is 21.4. The molecule has 1 saturated carbocycles. The topological polar surface area (TPSA) is 128 Å². The molecular formula is C31H34N4O7S. The first-order chi connectivity index (χ1) is 20.9. The van der Waals surface area contributed by atoms with Gasteiger partial charge in [-0.05, 0) is 61.2 Å². The summed E-state index contributed by atoms with van der Waals surface area (Å²) in [5.74, 6) is 0.812. The molecule has 3 amide bonds. The molecule has 1 atom stereocenters. The molecule has 0 spiro atoms. The van der Waals surface area contributed by atoms with Crippen LogP contribution in [0.5, 0.6) is 11.5 Å². The second kappa shape index (κ2) is 13.3. The van der Waals surface area contributed by atoms with Crippen molar-refractivity contribution in [1.29, 1.82) is 0 Å². The summed E-state index contributed by atoms with van der Waals surface area (Å²) in [5.41, 5.74) is 3.26. The molecule has 11 nitrogen and oxygen atoms in total. The maximum absolute atomic E-state index is 13.4. The lowest BCUT2D eigenvalue weighted by Crippen LogP contribution is -2.46. The summed E-state index contributed by atoms with van der Waals surface area (Å²) in [4.78, 5) is 46.0. The van der Waals surface area contributed by atoms with Gasteiger partial charge in [0.2, 0.25) is 0 Å². The lowest BCUT2D eigenvalue weighted by molar-refractivity contribution is -0.139. The Labute approximate surface area is 254 Å². The van der Waals surface area contributed by atoms with Crippen molar-refractivity contribution in [3.63, 3.8) is 0 Å². The van der Waals surface area contributed by atoms with Crippen molar-refractivity contribution in [2.45, 2.75) is 38.5 Å². The van der Waals surface area contributed by atoms with Crippen molar-refractivity contribution < 1.29 is 33.3 Å². The van der Waals surface area contributed by atoms with Crippen molar-refractivity contribution in [1.82, 2.24) is 15.5 Å². The van der Waals surface area contributed by atoms with E-state index in [1.807, 2.05) is 30.3 Å². The van der Waals surface area contributed by atoms with Crippen LogP contribution in [0.15, 0.2) is 64.4 Å². The highest BCUT2D eigenvalue weighted by Crippen LogP contribution is 2.37. The normalized spacial score (nSPS) is 19.3. The molecule has 2 aromatic rings. The number of ether oxygens (including phenoxy) is 4. The molecule has 43 heavy (non-hydrogen) atoms. The van der Waals surface area contributed by atoms with Crippen molar-refractivity contribution in [3.8, 4) is 11.5 Å². The highest BCUT2D eigenvalue weighted by atomic mass is 32.2.